The molecule has 1 saturated heterocycles. The van der Waals surface area contributed by atoms with E-state index in [4.69, 9.17) is 18.3 Å². The van der Waals surface area contributed by atoms with E-state index in [1.165, 1.54) is 0 Å². The van der Waals surface area contributed by atoms with Gasteiger partial charge in [0.25, 0.3) is 0 Å². The van der Waals surface area contributed by atoms with E-state index >= 15 is 0 Å². The Morgan fingerprint density at radius 2 is 1.23 bits per heavy atom. The molecule has 0 radical (unpaired) electrons. The number of benzene rings is 2. The van der Waals surface area contributed by atoms with Gasteiger partial charge in [0.15, 0.2) is 5.82 Å². The lowest BCUT2D eigenvalue weighted by Crippen LogP contribution is -2.40. The molecule has 2 aromatic carbocycles. The van der Waals surface area contributed by atoms with Crippen molar-refractivity contribution in [2.45, 2.75) is 57.0 Å². The quantitative estimate of drug-likeness (QED) is 0.224. The first kappa shape index (κ1) is 30.8. The molecular formula is C32H40N6O4S. The van der Waals surface area contributed by atoms with Crippen molar-refractivity contribution in [3.63, 3.8) is 0 Å². The van der Waals surface area contributed by atoms with Crippen LogP contribution in [0.4, 0.5) is 0 Å². The van der Waals surface area contributed by atoms with Gasteiger partial charge in [-0.2, -0.15) is 0 Å². The highest BCUT2D eigenvalue weighted by Gasteiger charge is 2.47. The van der Waals surface area contributed by atoms with Gasteiger partial charge in [0.1, 0.15) is 10.6 Å². The largest absolute Gasteiger partial charge is 0.441 e. The Kier molecular flexibility index (Phi) is 9.28. The van der Waals surface area contributed by atoms with E-state index in [2.05, 4.69) is 86.7 Å². The van der Waals surface area contributed by atoms with Crippen molar-refractivity contribution in [1.29, 1.82) is 0 Å². The van der Waals surface area contributed by atoms with E-state index in [9.17, 15) is 9.59 Å². The molecule has 3 aromatic rings. The second kappa shape index (κ2) is 12.9. The number of hydrogen-bond donors (Lipinski definition) is 2. The van der Waals surface area contributed by atoms with Gasteiger partial charge in [-0.3, -0.25) is 20.4 Å². The molecule has 0 bridgehead atoms. The fourth-order valence-electron chi connectivity index (χ4n) is 5.26. The molecule has 2 aliphatic rings. The van der Waals surface area contributed by atoms with Gasteiger partial charge in [0.2, 0.25) is 0 Å². The molecule has 5 rings (SSSR count). The average molecular weight is 605 g/mol. The lowest BCUT2D eigenvalue weighted by Gasteiger charge is -2.30. The van der Waals surface area contributed by atoms with Crippen molar-refractivity contribution < 1.29 is 18.0 Å². The van der Waals surface area contributed by atoms with E-state index in [1.54, 1.807) is 11.5 Å². The minimum absolute atomic E-state index is 0.275. The van der Waals surface area contributed by atoms with Crippen molar-refractivity contribution in [2.75, 3.05) is 28.2 Å². The Hall–Kier alpha value is -3.61. The lowest BCUT2D eigenvalue weighted by atomic mass is 10.1. The summed E-state index contributed by atoms with van der Waals surface area (Å²) in [6, 6.07) is 16.3. The van der Waals surface area contributed by atoms with E-state index in [0.717, 1.165) is 41.6 Å². The fraction of sp³-hybridized carbons (Fsp3) is 0.375. The number of nitrogens with one attached hydrogen (secondary N) is 2. The number of aromatic nitrogens is 2. The van der Waals surface area contributed by atoms with Crippen molar-refractivity contribution in [1.82, 2.24) is 30.4 Å². The molecule has 2 N–H and O–H groups in total. The SMILES string of the molecule is CCC(NCc1ccc(-c2nc3c(c(-c4ccc(CNC(CC)N(C)C)cc4)n2)S2(C=C3)OC(=O)C(=O)O2)cc1)N(C)C. The number of hydrogen-bond acceptors (Lipinski definition) is 10. The van der Waals surface area contributed by atoms with Gasteiger partial charge in [-0.15, -0.1) is 0 Å². The highest BCUT2D eigenvalue weighted by Crippen LogP contribution is 2.68. The molecule has 1 spiro atoms. The van der Waals surface area contributed by atoms with Gasteiger partial charge in [0, 0.05) is 24.2 Å². The molecule has 11 heteroatoms. The molecule has 2 aliphatic heterocycles. The van der Waals surface area contributed by atoms with Gasteiger partial charge in [-0.05, 0) is 58.2 Å². The summed E-state index contributed by atoms with van der Waals surface area (Å²) in [4.78, 5) is 38.9. The minimum atomic E-state index is -2.77. The molecule has 0 amide bonds. The summed E-state index contributed by atoms with van der Waals surface area (Å²) in [6.07, 6.45) is 4.32. The predicted molar refractivity (Wildman–Crippen MR) is 169 cm³/mol. The van der Waals surface area contributed by atoms with Gasteiger partial charge in [0.05, 0.1) is 23.4 Å². The van der Waals surface area contributed by atoms with Crippen LogP contribution in [-0.2, 0) is 31.0 Å². The highest BCUT2D eigenvalue weighted by atomic mass is 32.3. The number of nitrogens with zero attached hydrogens (tertiary/aromatic N) is 4. The standard InChI is InChI=1S/C32H40N6O4S/c1-7-26(37(3)4)33-19-21-9-13-23(14-10-21)28-29-25(17-18-43(29)41-31(39)32(40)42-43)35-30(36-28)24-15-11-22(12-16-24)20-34-27(8-2)38(5)6/h9-18,26-27,33-34H,7-8,19-20H2,1-6H3. The molecule has 228 valence electrons. The zero-order valence-electron chi connectivity index (χ0n) is 25.6. The molecule has 2 atom stereocenters. The Bertz CT molecular complexity index is 1490. The van der Waals surface area contributed by atoms with Crippen LogP contribution in [0.5, 0.6) is 0 Å². The molecule has 43 heavy (non-hydrogen) atoms. The maximum Gasteiger partial charge on any atom is 0.441 e. The predicted octanol–water partition coefficient (Wildman–Crippen LogP) is 4.66. The fourth-order valence-corrected chi connectivity index (χ4v) is 7.44. The third-order valence-corrected chi connectivity index (χ3v) is 9.95. The first-order chi connectivity index (χ1) is 20.6. The lowest BCUT2D eigenvalue weighted by molar-refractivity contribution is -0.150. The summed E-state index contributed by atoms with van der Waals surface area (Å²) in [7, 11) is 5.48. The van der Waals surface area contributed by atoms with E-state index in [1.807, 2.05) is 24.3 Å². The van der Waals surface area contributed by atoms with E-state index < -0.39 is 22.5 Å². The summed E-state index contributed by atoms with van der Waals surface area (Å²) in [5.74, 6) is -1.47. The molecular weight excluding hydrogens is 564 g/mol. The van der Waals surface area contributed by atoms with Crippen molar-refractivity contribution in [3.8, 4) is 22.6 Å². The third-order valence-electron chi connectivity index (χ3n) is 7.69. The minimum Gasteiger partial charge on any atom is -0.325 e. The Balaban J connectivity index is 1.47. The number of rotatable bonds is 12. The van der Waals surface area contributed by atoms with Crippen molar-refractivity contribution in [3.05, 3.63) is 70.8 Å². The van der Waals surface area contributed by atoms with Crippen LogP contribution in [0, 0.1) is 0 Å². The normalized spacial score (nSPS) is 17.3. The van der Waals surface area contributed by atoms with Crippen molar-refractivity contribution >= 4 is 28.6 Å². The van der Waals surface area contributed by atoms with Crippen LogP contribution >= 0.6 is 10.6 Å². The van der Waals surface area contributed by atoms with E-state index in [0.29, 0.717) is 34.8 Å². The molecule has 2 unspecified atom stereocenters. The summed E-state index contributed by atoms with van der Waals surface area (Å²) in [6.45, 7) is 5.77. The van der Waals surface area contributed by atoms with Crippen LogP contribution < -0.4 is 10.6 Å². The summed E-state index contributed by atoms with van der Waals surface area (Å²) in [5.41, 5.74) is 5.09. The Morgan fingerprint density at radius 3 is 1.70 bits per heavy atom. The average Bonchev–Trinajstić information content (AvgIpc) is 3.50. The van der Waals surface area contributed by atoms with Gasteiger partial charge in [-0.25, -0.2) is 19.6 Å². The van der Waals surface area contributed by atoms with Gasteiger partial charge in [-0.1, -0.05) is 73.0 Å². The highest BCUT2D eigenvalue weighted by molar-refractivity contribution is 8.29. The molecule has 3 heterocycles. The molecule has 10 nitrogen and oxygen atoms in total. The number of carbonyl (C=O) groups excluding carboxylic acids is 2. The summed E-state index contributed by atoms with van der Waals surface area (Å²) < 4.78 is 11.1. The molecule has 0 aliphatic carbocycles. The van der Waals surface area contributed by atoms with Crippen LogP contribution in [0.2, 0.25) is 0 Å². The topological polar surface area (TPSA) is 109 Å². The summed E-state index contributed by atoms with van der Waals surface area (Å²) in [5, 5.41) is 8.77. The molecule has 1 aromatic heterocycles. The van der Waals surface area contributed by atoms with Crippen LogP contribution in [0.15, 0.2) is 58.8 Å². The maximum absolute atomic E-state index is 12.1. The Labute approximate surface area is 255 Å². The first-order valence-corrected chi connectivity index (χ1v) is 16.1. The molecule has 1 fully saturated rings. The van der Waals surface area contributed by atoms with Gasteiger partial charge < -0.3 is 8.37 Å². The zero-order valence-corrected chi connectivity index (χ0v) is 26.4. The second-order valence-corrected chi connectivity index (χ2v) is 13.2. The van der Waals surface area contributed by atoms with E-state index in [-0.39, 0.29) is 6.17 Å². The number of carbonyl (C=O) groups is 2. The molecule has 0 saturated carbocycles. The third kappa shape index (κ3) is 6.51. The van der Waals surface area contributed by atoms with Crippen LogP contribution in [0.1, 0.15) is 43.5 Å². The van der Waals surface area contributed by atoms with Crippen LogP contribution in [-0.4, -0.2) is 72.2 Å². The Morgan fingerprint density at radius 1 is 0.744 bits per heavy atom. The van der Waals surface area contributed by atoms with Crippen LogP contribution in [0.25, 0.3) is 28.7 Å². The second-order valence-electron chi connectivity index (χ2n) is 11.1. The number of fused-ring (bicyclic) bond motifs is 2. The zero-order chi connectivity index (χ0) is 30.7. The first-order valence-electron chi connectivity index (χ1n) is 14.5. The maximum atomic E-state index is 12.1. The van der Waals surface area contributed by atoms with Gasteiger partial charge >= 0.3 is 11.9 Å². The smallest absolute Gasteiger partial charge is 0.325 e. The van der Waals surface area contributed by atoms with Crippen molar-refractivity contribution in [2.24, 2.45) is 0 Å². The monoisotopic (exact) mass is 604 g/mol. The van der Waals surface area contributed by atoms with Crippen LogP contribution in [0.3, 0.4) is 0 Å². The summed E-state index contributed by atoms with van der Waals surface area (Å²) >= 11 is 0.